The molecule has 14 heavy (non-hydrogen) atoms. The standard InChI is InChI=1S/C10H5BrO3/c11-7-2-1-3-9-6(7)4-8(13)10(5-12)14-9/h1-3H,4H2. The maximum Gasteiger partial charge on any atom is 0.253 e. The van der Waals surface area contributed by atoms with Crippen LogP contribution in [0.5, 0.6) is 5.75 Å². The van der Waals surface area contributed by atoms with Gasteiger partial charge in [-0.05, 0) is 12.1 Å². The van der Waals surface area contributed by atoms with Crippen molar-refractivity contribution in [3.05, 3.63) is 34.0 Å². The van der Waals surface area contributed by atoms with E-state index in [0.717, 1.165) is 10.0 Å². The minimum absolute atomic E-state index is 0.182. The van der Waals surface area contributed by atoms with Crippen molar-refractivity contribution in [3.8, 4) is 5.75 Å². The van der Waals surface area contributed by atoms with E-state index in [1.807, 2.05) is 6.07 Å². The van der Waals surface area contributed by atoms with Crippen molar-refractivity contribution < 1.29 is 14.3 Å². The molecule has 0 radical (unpaired) electrons. The van der Waals surface area contributed by atoms with E-state index >= 15 is 0 Å². The molecule has 0 aliphatic carbocycles. The number of hydrogen-bond donors (Lipinski definition) is 0. The monoisotopic (exact) mass is 252 g/mol. The van der Waals surface area contributed by atoms with Gasteiger partial charge in [0.15, 0.2) is 5.94 Å². The summed E-state index contributed by atoms with van der Waals surface area (Å²) in [5.41, 5.74) is 0.775. The van der Waals surface area contributed by atoms with Crippen molar-refractivity contribution in [3.63, 3.8) is 0 Å². The van der Waals surface area contributed by atoms with E-state index in [1.165, 1.54) is 5.94 Å². The van der Waals surface area contributed by atoms with E-state index in [0.29, 0.717) is 5.75 Å². The SMILES string of the molecule is O=C=C1Oc2cccc(Br)c2CC1=O. The largest absolute Gasteiger partial charge is 0.442 e. The summed E-state index contributed by atoms with van der Waals surface area (Å²) in [6.45, 7) is 0. The summed E-state index contributed by atoms with van der Waals surface area (Å²) in [7, 11) is 0. The Labute approximate surface area is 88.5 Å². The molecule has 3 nitrogen and oxygen atoms in total. The molecule has 70 valence electrons. The minimum Gasteiger partial charge on any atom is -0.442 e. The first-order valence-electron chi connectivity index (χ1n) is 3.96. The predicted molar refractivity (Wildman–Crippen MR) is 52.7 cm³/mol. The van der Waals surface area contributed by atoms with E-state index < -0.39 is 0 Å². The number of carbonyl (C=O) groups excluding carboxylic acids is 2. The van der Waals surface area contributed by atoms with Gasteiger partial charge in [0.2, 0.25) is 5.78 Å². The fourth-order valence-corrected chi connectivity index (χ4v) is 1.78. The highest BCUT2D eigenvalue weighted by molar-refractivity contribution is 9.10. The highest BCUT2D eigenvalue weighted by Crippen LogP contribution is 2.32. The maximum atomic E-state index is 11.3. The lowest BCUT2D eigenvalue weighted by molar-refractivity contribution is -0.117. The molecular weight excluding hydrogens is 248 g/mol. The van der Waals surface area contributed by atoms with Crippen molar-refractivity contribution in [1.29, 1.82) is 0 Å². The van der Waals surface area contributed by atoms with E-state index in [9.17, 15) is 9.59 Å². The molecule has 1 aromatic rings. The Morgan fingerprint density at radius 2 is 2.21 bits per heavy atom. The van der Waals surface area contributed by atoms with Gasteiger partial charge in [-0.2, -0.15) is 0 Å². The van der Waals surface area contributed by atoms with Crippen LogP contribution in [-0.2, 0) is 16.0 Å². The second kappa shape index (κ2) is 3.40. The topological polar surface area (TPSA) is 43.4 Å². The summed E-state index contributed by atoms with van der Waals surface area (Å²) in [6, 6.07) is 5.32. The van der Waals surface area contributed by atoms with E-state index in [-0.39, 0.29) is 18.0 Å². The van der Waals surface area contributed by atoms with Crippen molar-refractivity contribution in [2.24, 2.45) is 0 Å². The van der Waals surface area contributed by atoms with Crippen molar-refractivity contribution in [2.75, 3.05) is 0 Å². The quantitative estimate of drug-likeness (QED) is 0.521. The summed E-state index contributed by atoms with van der Waals surface area (Å²) in [5, 5.41) is 0. The molecule has 0 fully saturated rings. The van der Waals surface area contributed by atoms with Crippen LogP contribution in [0.4, 0.5) is 0 Å². The number of ether oxygens (including phenoxy) is 1. The van der Waals surface area contributed by atoms with Gasteiger partial charge in [-0.3, -0.25) is 4.79 Å². The van der Waals surface area contributed by atoms with Gasteiger partial charge >= 0.3 is 0 Å². The van der Waals surface area contributed by atoms with Gasteiger partial charge in [0.05, 0.1) is 0 Å². The molecule has 1 heterocycles. The number of Topliss-reactive ketones (excluding diaryl/α,β-unsaturated/α-hetero) is 1. The molecule has 0 atom stereocenters. The second-order valence-electron chi connectivity index (χ2n) is 2.85. The first-order valence-corrected chi connectivity index (χ1v) is 4.75. The molecule has 0 unspecified atom stereocenters. The molecule has 1 aliphatic rings. The summed E-state index contributed by atoms with van der Waals surface area (Å²) in [6.07, 6.45) is 0.182. The van der Waals surface area contributed by atoms with Gasteiger partial charge < -0.3 is 4.74 Å². The normalized spacial score (nSPS) is 14.4. The van der Waals surface area contributed by atoms with E-state index in [2.05, 4.69) is 15.9 Å². The van der Waals surface area contributed by atoms with Gasteiger partial charge in [-0.25, -0.2) is 4.79 Å². The molecular formula is C10H5BrO3. The Kier molecular flexibility index (Phi) is 2.23. The lowest BCUT2D eigenvalue weighted by Gasteiger charge is -2.16. The predicted octanol–water partition coefficient (Wildman–Crippen LogP) is 1.67. The average molecular weight is 253 g/mol. The van der Waals surface area contributed by atoms with Crippen LogP contribution >= 0.6 is 15.9 Å². The first kappa shape index (κ1) is 9.19. The van der Waals surface area contributed by atoms with Crippen LogP contribution in [0.3, 0.4) is 0 Å². The number of ketones is 1. The van der Waals surface area contributed by atoms with Crippen LogP contribution in [0.25, 0.3) is 0 Å². The molecule has 0 aromatic heterocycles. The molecule has 0 N–H and O–H groups in total. The summed E-state index contributed by atoms with van der Waals surface area (Å²) >= 11 is 3.31. The molecule has 0 spiro atoms. The summed E-state index contributed by atoms with van der Waals surface area (Å²) < 4.78 is 5.90. The van der Waals surface area contributed by atoms with Crippen LogP contribution in [0.2, 0.25) is 0 Å². The first-order chi connectivity index (χ1) is 6.72. The molecule has 2 rings (SSSR count). The molecule has 0 saturated carbocycles. The smallest absolute Gasteiger partial charge is 0.253 e. The molecule has 4 heteroatoms. The Bertz CT molecular complexity index is 458. The summed E-state index contributed by atoms with van der Waals surface area (Å²) in [4.78, 5) is 21.6. The molecule has 1 aromatic carbocycles. The number of benzene rings is 1. The highest BCUT2D eigenvalue weighted by Gasteiger charge is 2.24. The van der Waals surface area contributed by atoms with Crippen molar-refractivity contribution in [2.45, 2.75) is 6.42 Å². The van der Waals surface area contributed by atoms with Crippen LogP contribution in [0.15, 0.2) is 28.4 Å². The van der Waals surface area contributed by atoms with Crippen molar-refractivity contribution >= 4 is 27.7 Å². The number of halogens is 1. The van der Waals surface area contributed by atoms with Gasteiger partial charge in [-0.15, -0.1) is 0 Å². The Balaban J connectivity index is 2.56. The molecule has 1 aliphatic heterocycles. The fourth-order valence-electron chi connectivity index (χ4n) is 1.29. The zero-order valence-corrected chi connectivity index (χ0v) is 8.63. The average Bonchev–Trinajstić information content (AvgIpc) is 2.19. The lowest BCUT2D eigenvalue weighted by Crippen LogP contribution is -2.19. The molecule has 0 saturated heterocycles. The molecule has 0 amide bonds. The number of allylic oxidation sites excluding steroid dienone is 1. The third-order valence-electron chi connectivity index (χ3n) is 1.97. The number of carbonyl (C=O) groups is 1. The lowest BCUT2D eigenvalue weighted by atomic mass is 10.0. The Morgan fingerprint density at radius 1 is 1.43 bits per heavy atom. The van der Waals surface area contributed by atoms with Crippen LogP contribution < -0.4 is 4.74 Å². The van der Waals surface area contributed by atoms with Crippen LogP contribution in [0, 0.1) is 0 Å². The van der Waals surface area contributed by atoms with Gasteiger partial charge in [0.1, 0.15) is 5.75 Å². The summed E-state index contributed by atoms with van der Waals surface area (Å²) in [5.74, 6) is 1.46. The maximum absolute atomic E-state index is 11.3. The third kappa shape index (κ3) is 1.39. The fraction of sp³-hybridized carbons (Fsp3) is 0.100. The number of fused-ring (bicyclic) bond motifs is 1. The van der Waals surface area contributed by atoms with Crippen molar-refractivity contribution in [1.82, 2.24) is 0 Å². The number of rotatable bonds is 0. The number of hydrogen-bond acceptors (Lipinski definition) is 3. The minimum atomic E-state index is -0.334. The Hall–Kier alpha value is -1.38. The van der Waals surface area contributed by atoms with Gasteiger partial charge in [0.25, 0.3) is 5.76 Å². The van der Waals surface area contributed by atoms with Crippen LogP contribution in [0.1, 0.15) is 5.56 Å². The zero-order chi connectivity index (χ0) is 10.1. The Morgan fingerprint density at radius 3 is 2.93 bits per heavy atom. The molecule has 0 bridgehead atoms. The van der Waals surface area contributed by atoms with Gasteiger partial charge in [-0.1, -0.05) is 22.0 Å². The van der Waals surface area contributed by atoms with Crippen LogP contribution in [-0.4, -0.2) is 11.7 Å². The second-order valence-corrected chi connectivity index (χ2v) is 3.70. The van der Waals surface area contributed by atoms with E-state index in [1.54, 1.807) is 12.1 Å². The van der Waals surface area contributed by atoms with E-state index in [4.69, 9.17) is 4.74 Å². The van der Waals surface area contributed by atoms with Gasteiger partial charge in [0, 0.05) is 16.5 Å². The highest BCUT2D eigenvalue weighted by atomic mass is 79.9. The third-order valence-corrected chi connectivity index (χ3v) is 2.71. The zero-order valence-electron chi connectivity index (χ0n) is 7.04.